The van der Waals surface area contributed by atoms with Crippen molar-refractivity contribution < 1.29 is 9.53 Å². The molecule has 0 aliphatic carbocycles. The van der Waals surface area contributed by atoms with E-state index in [0.29, 0.717) is 0 Å². The van der Waals surface area contributed by atoms with Gasteiger partial charge in [0.15, 0.2) is 0 Å². The van der Waals surface area contributed by atoms with Crippen LogP contribution in [-0.4, -0.2) is 47.7 Å². The van der Waals surface area contributed by atoms with Crippen molar-refractivity contribution in [1.29, 1.82) is 0 Å². The van der Waals surface area contributed by atoms with Gasteiger partial charge in [0, 0.05) is 39.0 Å². The molecule has 0 bridgehead atoms. The summed E-state index contributed by atoms with van der Waals surface area (Å²) in [5.41, 5.74) is 1.13. The van der Waals surface area contributed by atoms with E-state index in [4.69, 9.17) is 4.74 Å². The number of nitrogens with zero attached hydrogens (tertiary/aromatic N) is 2. The van der Waals surface area contributed by atoms with Gasteiger partial charge in [-0.3, -0.25) is 4.90 Å². The molecule has 114 valence electrons. The largest absolute Gasteiger partial charge is 0.441 e. The van der Waals surface area contributed by atoms with Gasteiger partial charge in [0.1, 0.15) is 5.60 Å². The average molecular weight is 288 g/mol. The van der Waals surface area contributed by atoms with Crippen LogP contribution in [0.5, 0.6) is 0 Å². The smallest absolute Gasteiger partial charge is 0.410 e. The zero-order valence-electron chi connectivity index (χ0n) is 12.8. The van der Waals surface area contributed by atoms with Crippen LogP contribution in [0.1, 0.15) is 31.7 Å². The van der Waals surface area contributed by atoms with Crippen LogP contribution in [0.2, 0.25) is 0 Å². The first-order chi connectivity index (χ1) is 10.2. The normalized spacial score (nSPS) is 21.8. The molecule has 4 nitrogen and oxygen atoms in total. The van der Waals surface area contributed by atoms with Gasteiger partial charge in [0.25, 0.3) is 0 Å². The minimum atomic E-state index is -0.223. The Morgan fingerprint density at radius 1 is 1.19 bits per heavy atom. The van der Waals surface area contributed by atoms with Crippen LogP contribution in [0.4, 0.5) is 4.79 Å². The predicted octanol–water partition coefficient (Wildman–Crippen LogP) is 2.88. The molecule has 0 radical (unpaired) electrons. The molecule has 1 spiro atoms. The van der Waals surface area contributed by atoms with E-state index in [1.54, 1.807) is 0 Å². The van der Waals surface area contributed by atoms with E-state index >= 15 is 0 Å². The standard InChI is InChI=1S/C17H24N2O2/c1-2-10-19-14-17(21-16(19)20)8-11-18(12-9-17)13-15-6-4-3-5-7-15/h3-7H,2,8-14H2,1H3. The highest BCUT2D eigenvalue weighted by Gasteiger charge is 2.46. The number of ether oxygens (including phenoxy) is 1. The summed E-state index contributed by atoms with van der Waals surface area (Å²) in [5.74, 6) is 0. The summed E-state index contributed by atoms with van der Waals surface area (Å²) in [7, 11) is 0. The van der Waals surface area contributed by atoms with Gasteiger partial charge in [-0.2, -0.15) is 0 Å². The lowest BCUT2D eigenvalue weighted by Crippen LogP contribution is -2.46. The molecular formula is C17H24N2O2. The van der Waals surface area contributed by atoms with Crippen molar-refractivity contribution in [2.24, 2.45) is 0 Å². The summed E-state index contributed by atoms with van der Waals surface area (Å²) in [6.07, 6.45) is 2.77. The van der Waals surface area contributed by atoms with Crippen LogP contribution in [0, 0.1) is 0 Å². The topological polar surface area (TPSA) is 32.8 Å². The molecule has 1 aromatic rings. The van der Waals surface area contributed by atoms with E-state index in [9.17, 15) is 4.79 Å². The summed E-state index contributed by atoms with van der Waals surface area (Å²) in [6, 6.07) is 10.6. The number of carbonyl (C=O) groups is 1. The molecule has 0 unspecified atom stereocenters. The minimum absolute atomic E-state index is 0.117. The monoisotopic (exact) mass is 288 g/mol. The van der Waals surface area contributed by atoms with Crippen LogP contribution < -0.4 is 0 Å². The Balaban J connectivity index is 1.55. The Labute approximate surface area is 126 Å². The van der Waals surface area contributed by atoms with Crippen LogP contribution in [0.15, 0.2) is 30.3 Å². The first-order valence-corrected chi connectivity index (χ1v) is 7.95. The first kappa shape index (κ1) is 14.4. The zero-order chi connectivity index (χ0) is 14.7. The summed E-state index contributed by atoms with van der Waals surface area (Å²) < 4.78 is 5.71. The summed E-state index contributed by atoms with van der Waals surface area (Å²) >= 11 is 0. The molecule has 3 rings (SSSR count). The van der Waals surface area contributed by atoms with E-state index in [0.717, 1.165) is 52.0 Å². The third-order valence-electron chi connectivity index (χ3n) is 4.55. The number of rotatable bonds is 4. The molecule has 0 atom stereocenters. The van der Waals surface area contributed by atoms with Gasteiger partial charge in [-0.1, -0.05) is 37.3 Å². The van der Waals surface area contributed by atoms with Crippen molar-refractivity contribution in [3.63, 3.8) is 0 Å². The van der Waals surface area contributed by atoms with Gasteiger partial charge in [0.2, 0.25) is 0 Å². The molecule has 4 heteroatoms. The van der Waals surface area contributed by atoms with Gasteiger partial charge in [-0.05, 0) is 12.0 Å². The highest BCUT2D eigenvalue weighted by atomic mass is 16.6. The lowest BCUT2D eigenvalue weighted by atomic mass is 9.91. The van der Waals surface area contributed by atoms with Crippen LogP contribution >= 0.6 is 0 Å². The third-order valence-corrected chi connectivity index (χ3v) is 4.55. The number of likely N-dealkylation sites (tertiary alicyclic amines) is 1. The fraction of sp³-hybridized carbons (Fsp3) is 0.588. The number of carbonyl (C=O) groups excluding carboxylic acids is 1. The minimum Gasteiger partial charge on any atom is -0.441 e. The number of amides is 1. The average Bonchev–Trinajstić information content (AvgIpc) is 2.79. The maximum atomic E-state index is 11.9. The number of piperidine rings is 1. The molecule has 2 aliphatic heterocycles. The molecule has 2 heterocycles. The van der Waals surface area contributed by atoms with Crippen LogP contribution in [-0.2, 0) is 11.3 Å². The Kier molecular flexibility index (Phi) is 4.15. The Hall–Kier alpha value is -1.55. The predicted molar refractivity (Wildman–Crippen MR) is 82.0 cm³/mol. The van der Waals surface area contributed by atoms with Crippen molar-refractivity contribution in [1.82, 2.24) is 9.80 Å². The number of hydrogen-bond donors (Lipinski definition) is 0. The zero-order valence-corrected chi connectivity index (χ0v) is 12.8. The van der Waals surface area contributed by atoms with Gasteiger partial charge in [-0.15, -0.1) is 0 Å². The SMILES string of the molecule is CCCN1CC2(CCN(Cc3ccccc3)CC2)OC1=O. The van der Waals surface area contributed by atoms with Crippen molar-refractivity contribution >= 4 is 6.09 Å². The highest BCUT2D eigenvalue weighted by molar-refractivity contribution is 5.70. The van der Waals surface area contributed by atoms with E-state index in [2.05, 4.69) is 42.2 Å². The molecule has 2 fully saturated rings. The second kappa shape index (κ2) is 6.06. The highest BCUT2D eigenvalue weighted by Crippen LogP contribution is 2.33. The number of benzene rings is 1. The molecule has 0 saturated carbocycles. The molecule has 1 amide bonds. The molecule has 21 heavy (non-hydrogen) atoms. The lowest BCUT2D eigenvalue weighted by molar-refractivity contribution is -0.00123. The van der Waals surface area contributed by atoms with Crippen molar-refractivity contribution in [3.05, 3.63) is 35.9 Å². The first-order valence-electron chi connectivity index (χ1n) is 7.95. The van der Waals surface area contributed by atoms with Gasteiger partial charge in [0.05, 0.1) is 6.54 Å². The molecule has 1 aromatic carbocycles. The summed E-state index contributed by atoms with van der Waals surface area (Å²) in [4.78, 5) is 16.2. The van der Waals surface area contributed by atoms with Gasteiger partial charge < -0.3 is 9.64 Å². The third kappa shape index (κ3) is 3.21. The van der Waals surface area contributed by atoms with Crippen molar-refractivity contribution in [2.45, 2.75) is 38.3 Å². The maximum Gasteiger partial charge on any atom is 0.410 e. The van der Waals surface area contributed by atoms with E-state index < -0.39 is 0 Å². The maximum absolute atomic E-state index is 11.9. The Morgan fingerprint density at radius 2 is 1.90 bits per heavy atom. The van der Waals surface area contributed by atoms with Crippen LogP contribution in [0.3, 0.4) is 0 Å². The Bertz CT molecular complexity index is 481. The van der Waals surface area contributed by atoms with E-state index in [1.165, 1.54) is 5.56 Å². The fourth-order valence-corrected chi connectivity index (χ4v) is 3.36. The van der Waals surface area contributed by atoms with Crippen LogP contribution in [0.25, 0.3) is 0 Å². The van der Waals surface area contributed by atoms with Crippen molar-refractivity contribution in [3.8, 4) is 0 Å². The molecule has 0 N–H and O–H groups in total. The lowest BCUT2D eigenvalue weighted by Gasteiger charge is -2.37. The second-order valence-corrected chi connectivity index (χ2v) is 6.23. The van der Waals surface area contributed by atoms with Gasteiger partial charge in [-0.25, -0.2) is 4.79 Å². The summed E-state index contributed by atoms with van der Waals surface area (Å²) in [5, 5.41) is 0. The van der Waals surface area contributed by atoms with E-state index in [-0.39, 0.29) is 11.7 Å². The molecule has 2 aliphatic rings. The molecule has 0 aromatic heterocycles. The fourth-order valence-electron chi connectivity index (χ4n) is 3.36. The molecule has 2 saturated heterocycles. The second-order valence-electron chi connectivity index (χ2n) is 6.23. The van der Waals surface area contributed by atoms with E-state index in [1.807, 2.05) is 4.90 Å². The summed E-state index contributed by atoms with van der Waals surface area (Å²) in [6.45, 7) is 6.68. The molecular weight excluding hydrogens is 264 g/mol. The van der Waals surface area contributed by atoms with Gasteiger partial charge >= 0.3 is 6.09 Å². The number of hydrogen-bond acceptors (Lipinski definition) is 3. The quantitative estimate of drug-likeness (QED) is 0.854. The van der Waals surface area contributed by atoms with Crippen molar-refractivity contribution in [2.75, 3.05) is 26.2 Å². The Morgan fingerprint density at radius 3 is 2.57 bits per heavy atom.